The van der Waals surface area contributed by atoms with Crippen LogP contribution in [0.1, 0.15) is 36.6 Å². The van der Waals surface area contributed by atoms with Crippen LogP contribution >= 0.6 is 0 Å². The summed E-state index contributed by atoms with van der Waals surface area (Å²) >= 11 is 0. The van der Waals surface area contributed by atoms with Gasteiger partial charge in [-0.1, -0.05) is 0 Å². The Balaban J connectivity index is 1.55. The van der Waals surface area contributed by atoms with Crippen molar-refractivity contribution in [3.63, 3.8) is 0 Å². The number of aromatic nitrogens is 1. The Labute approximate surface area is 141 Å². The molecule has 1 atom stereocenters. The number of amides is 1. The summed E-state index contributed by atoms with van der Waals surface area (Å²) in [6.07, 6.45) is 2.31. The van der Waals surface area contributed by atoms with E-state index in [-0.39, 0.29) is 12.5 Å². The molecule has 0 spiro atoms. The van der Waals surface area contributed by atoms with E-state index in [1.807, 2.05) is 26.0 Å². The Morgan fingerprint density at radius 2 is 1.96 bits per heavy atom. The molecule has 0 aliphatic carbocycles. The summed E-state index contributed by atoms with van der Waals surface area (Å²) in [5.41, 5.74) is 0.874. The molecule has 6 nitrogen and oxygen atoms in total. The number of oxazole rings is 1. The van der Waals surface area contributed by atoms with Gasteiger partial charge < -0.3 is 19.2 Å². The van der Waals surface area contributed by atoms with E-state index < -0.39 is 6.10 Å². The van der Waals surface area contributed by atoms with Crippen molar-refractivity contribution in [3.05, 3.63) is 41.6 Å². The summed E-state index contributed by atoms with van der Waals surface area (Å²) in [5, 5.41) is 2.87. The molecule has 0 saturated carbocycles. The number of benzene rings is 1. The molecule has 1 aromatic heterocycles. The fraction of sp³-hybridized carbons (Fsp3) is 0.444. The maximum atomic E-state index is 11.9. The van der Waals surface area contributed by atoms with Crippen LogP contribution in [0.5, 0.6) is 11.5 Å². The highest BCUT2D eigenvalue weighted by Crippen LogP contribution is 2.21. The van der Waals surface area contributed by atoms with Crippen LogP contribution in [0.15, 0.2) is 28.7 Å². The van der Waals surface area contributed by atoms with Gasteiger partial charge >= 0.3 is 0 Å². The molecule has 128 valence electrons. The van der Waals surface area contributed by atoms with Gasteiger partial charge in [-0.2, -0.15) is 0 Å². The first kappa shape index (κ1) is 16.4. The Morgan fingerprint density at radius 3 is 2.67 bits per heavy atom. The van der Waals surface area contributed by atoms with E-state index in [9.17, 15) is 4.79 Å². The Morgan fingerprint density at radius 1 is 1.21 bits per heavy atom. The van der Waals surface area contributed by atoms with E-state index in [0.29, 0.717) is 17.4 Å². The third-order valence-corrected chi connectivity index (χ3v) is 4.02. The molecule has 1 aromatic carbocycles. The third kappa shape index (κ3) is 4.07. The Kier molecular flexibility index (Phi) is 5.03. The smallest absolute Gasteiger partial charge is 0.261 e. The maximum absolute atomic E-state index is 11.9. The highest BCUT2D eigenvalue weighted by molar-refractivity contribution is 5.81. The van der Waals surface area contributed by atoms with Crippen LogP contribution in [0.25, 0.3) is 0 Å². The van der Waals surface area contributed by atoms with Gasteiger partial charge in [-0.15, -0.1) is 0 Å². The standard InChI is InChI=1S/C18H22N2O4/c1-12-13(2)23-17(20-12)11-22-14-6-8-15(9-7-14)24-16-5-3-4-10-19-18(16)21/h6-9,16H,3-5,10-11H2,1-2H3,(H,19,21)/t16-/m1/s1. The summed E-state index contributed by atoms with van der Waals surface area (Å²) in [5.74, 6) is 2.68. The zero-order valence-corrected chi connectivity index (χ0v) is 14.0. The highest BCUT2D eigenvalue weighted by Gasteiger charge is 2.22. The van der Waals surface area contributed by atoms with E-state index in [2.05, 4.69) is 10.3 Å². The van der Waals surface area contributed by atoms with Crippen LogP contribution < -0.4 is 14.8 Å². The van der Waals surface area contributed by atoms with Crippen molar-refractivity contribution in [2.75, 3.05) is 6.54 Å². The molecule has 1 fully saturated rings. The number of hydrogen-bond donors (Lipinski definition) is 1. The molecular weight excluding hydrogens is 308 g/mol. The van der Waals surface area contributed by atoms with E-state index in [1.165, 1.54) is 0 Å². The lowest BCUT2D eigenvalue weighted by Gasteiger charge is -2.16. The van der Waals surface area contributed by atoms with E-state index >= 15 is 0 Å². The molecule has 1 aliphatic heterocycles. The number of carbonyl (C=O) groups is 1. The lowest BCUT2D eigenvalue weighted by Crippen LogP contribution is -2.36. The largest absolute Gasteiger partial charge is 0.484 e. The van der Waals surface area contributed by atoms with Crippen LogP contribution in [0, 0.1) is 13.8 Å². The minimum atomic E-state index is -0.419. The molecule has 1 aliphatic rings. The number of rotatable bonds is 5. The van der Waals surface area contributed by atoms with Crippen LogP contribution in [-0.4, -0.2) is 23.5 Å². The van der Waals surface area contributed by atoms with Gasteiger partial charge in [0.1, 0.15) is 17.3 Å². The summed E-state index contributed by atoms with van der Waals surface area (Å²) < 4.78 is 16.9. The first-order chi connectivity index (χ1) is 11.6. The van der Waals surface area contributed by atoms with Gasteiger partial charge in [0.2, 0.25) is 5.89 Å². The molecule has 1 amide bonds. The average Bonchev–Trinajstić information content (AvgIpc) is 2.76. The quantitative estimate of drug-likeness (QED) is 0.912. The highest BCUT2D eigenvalue weighted by atomic mass is 16.5. The van der Waals surface area contributed by atoms with Crippen LogP contribution in [0.2, 0.25) is 0 Å². The monoisotopic (exact) mass is 330 g/mol. The molecule has 2 heterocycles. The van der Waals surface area contributed by atoms with E-state index in [0.717, 1.165) is 37.3 Å². The fourth-order valence-corrected chi connectivity index (χ4v) is 2.55. The lowest BCUT2D eigenvalue weighted by atomic mass is 10.2. The molecule has 0 radical (unpaired) electrons. The van der Waals surface area contributed by atoms with Crippen molar-refractivity contribution in [2.45, 2.75) is 45.8 Å². The molecule has 24 heavy (non-hydrogen) atoms. The molecule has 2 aromatic rings. The van der Waals surface area contributed by atoms with Crippen LogP contribution in [0.3, 0.4) is 0 Å². The molecule has 3 rings (SSSR count). The summed E-state index contributed by atoms with van der Waals surface area (Å²) in [6.45, 7) is 4.78. The zero-order valence-electron chi connectivity index (χ0n) is 14.0. The summed E-state index contributed by atoms with van der Waals surface area (Å²) in [7, 11) is 0. The third-order valence-electron chi connectivity index (χ3n) is 4.02. The van der Waals surface area contributed by atoms with Crippen molar-refractivity contribution in [1.82, 2.24) is 10.3 Å². The predicted octanol–water partition coefficient (Wildman–Crippen LogP) is 2.92. The Hall–Kier alpha value is -2.50. The number of aryl methyl sites for hydroxylation is 2. The van der Waals surface area contributed by atoms with Gasteiger partial charge in [-0.3, -0.25) is 4.79 Å². The molecule has 1 saturated heterocycles. The SMILES string of the molecule is Cc1nc(COc2ccc(O[C@@H]3CCCCNC3=O)cc2)oc1C. The predicted molar refractivity (Wildman–Crippen MR) is 88.0 cm³/mol. The van der Waals surface area contributed by atoms with Gasteiger partial charge in [-0.05, 0) is 57.4 Å². The normalized spacial score (nSPS) is 17.9. The van der Waals surface area contributed by atoms with Crippen LogP contribution in [-0.2, 0) is 11.4 Å². The maximum Gasteiger partial charge on any atom is 0.261 e. The minimum absolute atomic E-state index is 0.0394. The first-order valence-electron chi connectivity index (χ1n) is 8.22. The fourth-order valence-electron chi connectivity index (χ4n) is 2.55. The molecule has 0 unspecified atom stereocenters. The summed E-state index contributed by atoms with van der Waals surface area (Å²) in [6, 6.07) is 7.23. The molecule has 6 heteroatoms. The summed E-state index contributed by atoms with van der Waals surface area (Å²) in [4.78, 5) is 16.2. The topological polar surface area (TPSA) is 73.6 Å². The lowest BCUT2D eigenvalue weighted by molar-refractivity contribution is -0.127. The van der Waals surface area contributed by atoms with Gasteiger partial charge in [0.25, 0.3) is 5.91 Å². The number of carbonyl (C=O) groups excluding carboxylic acids is 1. The van der Waals surface area contributed by atoms with Gasteiger partial charge in [0, 0.05) is 6.54 Å². The van der Waals surface area contributed by atoms with Crippen LogP contribution in [0.4, 0.5) is 0 Å². The number of ether oxygens (including phenoxy) is 2. The van der Waals surface area contributed by atoms with Crippen molar-refractivity contribution in [3.8, 4) is 11.5 Å². The second-order valence-electron chi connectivity index (χ2n) is 5.90. The number of nitrogens with one attached hydrogen (secondary N) is 1. The molecule has 0 bridgehead atoms. The Bertz CT molecular complexity index is 674. The van der Waals surface area contributed by atoms with Crippen molar-refractivity contribution >= 4 is 5.91 Å². The second-order valence-corrected chi connectivity index (χ2v) is 5.90. The van der Waals surface area contributed by atoms with Gasteiger partial charge in [-0.25, -0.2) is 4.98 Å². The zero-order chi connectivity index (χ0) is 16.9. The first-order valence-corrected chi connectivity index (χ1v) is 8.22. The number of hydrogen-bond acceptors (Lipinski definition) is 5. The van der Waals surface area contributed by atoms with Crippen molar-refractivity contribution in [2.24, 2.45) is 0 Å². The second kappa shape index (κ2) is 7.38. The van der Waals surface area contributed by atoms with Crippen molar-refractivity contribution < 1.29 is 18.7 Å². The van der Waals surface area contributed by atoms with Gasteiger partial charge in [0.15, 0.2) is 12.7 Å². The van der Waals surface area contributed by atoms with E-state index in [1.54, 1.807) is 12.1 Å². The average molecular weight is 330 g/mol. The molecule has 1 N–H and O–H groups in total. The van der Waals surface area contributed by atoms with Crippen molar-refractivity contribution in [1.29, 1.82) is 0 Å². The van der Waals surface area contributed by atoms with E-state index in [4.69, 9.17) is 13.9 Å². The number of nitrogens with zero attached hydrogens (tertiary/aromatic N) is 1. The molecular formula is C18H22N2O4. The van der Waals surface area contributed by atoms with Gasteiger partial charge in [0.05, 0.1) is 5.69 Å². The minimum Gasteiger partial charge on any atom is -0.484 e.